The molecule has 21 heavy (non-hydrogen) atoms. The molecular formula is C16H21Cl2N3. The summed E-state index contributed by atoms with van der Waals surface area (Å²) in [5.74, 6) is 0. The lowest BCUT2D eigenvalue weighted by Gasteiger charge is -2.10. The standard InChI is InChI=1S/C16H21Cl2N3/c1-4-14(19)8-15-10(2)20-21(11(15)3)9-12-5-6-13(17)7-16(12)18/h5-7,14H,4,8-9,19H2,1-3H3. The lowest BCUT2D eigenvalue weighted by molar-refractivity contribution is 0.636. The second-order valence-electron chi connectivity index (χ2n) is 5.42. The summed E-state index contributed by atoms with van der Waals surface area (Å²) in [6.07, 6.45) is 1.83. The number of halogens is 2. The number of rotatable bonds is 5. The van der Waals surface area contributed by atoms with Gasteiger partial charge in [-0.25, -0.2) is 0 Å². The van der Waals surface area contributed by atoms with E-state index >= 15 is 0 Å². The van der Waals surface area contributed by atoms with Crippen LogP contribution < -0.4 is 5.73 Å². The molecule has 1 unspecified atom stereocenters. The van der Waals surface area contributed by atoms with Gasteiger partial charge in [-0.15, -0.1) is 0 Å². The maximum atomic E-state index is 6.24. The molecule has 0 bridgehead atoms. The van der Waals surface area contributed by atoms with Crippen molar-refractivity contribution < 1.29 is 0 Å². The number of aryl methyl sites for hydroxylation is 1. The number of aromatic nitrogens is 2. The van der Waals surface area contributed by atoms with Crippen LogP contribution in [0.15, 0.2) is 18.2 Å². The van der Waals surface area contributed by atoms with Gasteiger partial charge in [0.05, 0.1) is 12.2 Å². The normalized spacial score (nSPS) is 12.7. The van der Waals surface area contributed by atoms with E-state index in [4.69, 9.17) is 28.9 Å². The van der Waals surface area contributed by atoms with Crippen molar-refractivity contribution in [3.05, 3.63) is 50.8 Å². The van der Waals surface area contributed by atoms with E-state index in [1.54, 1.807) is 6.07 Å². The highest BCUT2D eigenvalue weighted by Gasteiger charge is 2.15. The molecular weight excluding hydrogens is 305 g/mol. The van der Waals surface area contributed by atoms with Gasteiger partial charge in [0.1, 0.15) is 0 Å². The van der Waals surface area contributed by atoms with Crippen LogP contribution >= 0.6 is 23.2 Å². The predicted octanol–water partition coefficient (Wildman–Crippen LogP) is 4.13. The zero-order valence-corrected chi connectivity index (χ0v) is 14.2. The Balaban J connectivity index is 2.27. The molecule has 0 saturated carbocycles. The molecule has 0 aliphatic carbocycles. The van der Waals surface area contributed by atoms with Gasteiger partial charge in [0, 0.05) is 21.8 Å². The Morgan fingerprint density at radius 1 is 1.29 bits per heavy atom. The second-order valence-corrected chi connectivity index (χ2v) is 6.26. The van der Waals surface area contributed by atoms with Crippen molar-refractivity contribution in [2.24, 2.45) is 5.73 Å². The van der Waals surface area contributed by atoms with Crippen molar-refractivity contribution in [2.45, 2.75) is 46.2 Å². The average molecular weight is 326 g/mol. The van der Waals surface area contributed by atoms with Crippen molar-refractivity contribution in [2.75, 3.05) is 0 Å². The summed E-state index contributed by atoms with van der Waals surface area (Å²) in [6.45, 7) is 6.86. The minimum absolute atomic E-state index is 0.180. The Morgan fingerprint density at radius 2 is 2.00 bits per heavy atom. The Kier molecular flexibility index (Phi) is 5.31. The van der Waals surface area contributed by atoms with Gasteiger partial charge in [-0.2, -0.15) is 5.10 Å². The topological polar surface area (TPSA) is 43.8 Å². The zero-order valence-electron chi connectivity index (χ0n) is 12.7. The maximum Gasteiger partial charge on any atom is 0.0677 e. The zero-order chi connectivity index (χ0) is 15.6. The van der Waals surface area contributed by atoms with Gasteiger partial charge in [-0.3, -0.25) is 4.68 Å². The van der Waals surface area contributed by atoms with Crippen LogP contribution in [-0.4, -0.2) is 15.8 Å². The Hall–Kier alpha value is -1.03. The smallest absolute Gasteiger partial charge is 0.0677 e. The van der Waals surface area contributed by atoms with Crippen LogP contribution in [0.4, 0.5) is 0 Å². The molecule has 0 saturated heterocycles. The van der Waals surface area contributed by atoms with Crippen LogP contribution in [0.2, 0.25) is 10.0 Å². The monoisotopic (exact) mass is 325 g/mol. The first-order chi connectivity index (χ1) is 9.92. The predicted molar refractivity (Wildman–Crippen MR) is 89.2 cm³/mol. The number of hydrogen-bond donors (Lipinski definition) is 1. The first-order valence-electron chi connectivity index (χ1n) is 7.14. The number of benzene rings is 1. The molecule has 1 aromatic heterocycles. The fraction of sp³-hybridized carbons (Fsp3) is 0.438. The molecule has 3 nitrogen and oxygen atoms in total. The molecule has 2 rings (SSSR count). The van der Waals surface area contributed by atoms with Gasteiger partial charge in [0.2, 0.25) is 0 Å². The lowest BCUT2D eigenvalue weighted by atomic mass is 10.0. The molecule has 114 valence electrons. The SMILES string of the molecule is CCC(N)Cc1c(C)nn(Cc2ccc(Cl)cc2Cl)c1C. The summed E-state index contributed by atoms with van der Waals surface area (Å²) in [7, 11) is 0. The van der Waals surface area contributed by atoms with Crippen molar-refractivity contribution in [3.8, 4) is 0 Å². The molecule has 0 fully saturated rings. The van der Waals surface area contributed by atoms with Gasteiger partial charge >= 0.3 is 0 Å². The van der Waals surface area contributed by atoms with Crippen molar-refractivity contribution in [1.29, 1.82) is 0 Å². The van der Waals surface area contributed by atoms with Crippen LogP contribution in [0.1, 0.15) is 35.9 Å². The lowest BCUT2D eigenvalue weighted by Crippen LogP contribution is -2.22. The highest BCUT2D eigenvalue weighted by molar-refractivity contribution is 6.35. The summed E-state index contributed by atoms with van der Waals surface area (Å²) >= 11 is 12.2. The summed E-state index contributed by atoms with van der Waals surface area (Å²) in [6, 6.07) is 5.73. The maximum absolute atomic E-state index is 6.24. The van der Waals surface area contributed by atoms with E-state index < -0.39 is 0 Å². The highest BCUT2D eigenvalue weighted by Crippen LogP contribution is 2.23. The molecule has 1 aromatic carbocycles. The molecule has 0 radical (unpaired) electrons. The summed E-state index contributed by atoms with van der Waals surface area (Å²) in [5.41, 5.74) is 10.5. The van der Waals surface area contributed by atoms with Crippen molar-refractivity contribution >= 4 is 23.2 Å². The van der Waals surface area contributed by atoms with Gasteiger partial charge in [0.25, 0.3) is 0 Å². The number of hydrogen-bond acceptors (Lipinski definition) is 2. The highest BCUT2D eigenvalue weighted by atomic mass is 35.5. The van der Waals surface area contributed by atoms with E-state index in [1.165, 1.54) is 5.56 Å². The number of nitrogens with zero attached hydrogens (tertiary/aromatic N) is 2. The molecule has 2 N–H and O–H groups in total. The summed E-state index contributed by atoms with van der Waals surface area (Å²) in [5, 5.41) is 5.94. The molecule has 0 aliphatic heterocycles. The van der Waals surface area contributed by atoms with Crippen LogP contribution in [0.25, 0.3) is 0 Å². The largest absolute Gasteiger partial charge is 0.327 e. The van der Waals surface area contributed by atoms with Crippen LogP contribution in [0.5, 0.6) is 0 Å². The molecule has 1 heterocycles. The van der Waals surface area contributed by atoms with Crippen molar-refractivity contribution in [3.63, 3.8) is 0 Å². The third kappa shape index (κ3) is 3.79. The third-order valence-electron chi connectivity index (χ3n) is 3.86. The van der Waals surface area contributed by atoms with Crippen LogP contribution in [-0.2, 0) is 13.0 Å². The molecule has 0 amide bonds. The Bertz CT molecular complexity index is 635. The van der Waals surface area contributed by atoms with E-state index in [-0.39, 0.29) is 6.04 Å². The van der Waals surface area contributed by atoms with Gasteiger partial charge in [-0.1, -0.05) is 36.2 Å². The van der Waals surface area contributed by atoms with E-state index in [0.717, 1.165) is 29.8 Å². The van der Waals surface area contributed by atoms with Crippen molar-refractivity contribution in [1.82, 2.24) is 9.78 Å². The molecule has 1 atom stereocenters. The van der Waals surface area contributed by atoms with Gasteiger partial charge < -0.3 is 5.73 Å². The minimum atomic E-state index is 0.180. The molecule has 5 heteroatoms. The Morgan fingerprint density at radius 3 is 2.62 bits per heavy atom. The molecule has 2 aromatic rings. The first-order valence-corrected chi connectivity index (χ1v) is 7.90. The van der Waals surface area contributed by atoms with Gasteiger partial charge in [0.15, 0.2) is 0 Å². The van der Waals surface area contributed by atoms with E-state index in [2.05, 4.69) is 18.9 Å². The first kappa shape index (κ1) is 16.3. The van der Waals surface area contributed by atoms with Crippen LogP contribution in [0.3, 0.4) is 0 Å². The third-order valence-corrected chi connectivity index (χ3v) is 4.44. The van der Waals surface area contributed by atoms with E-state index in [1.807, 2.05) is 23.7 Å². The second kappa shape index (κ2) is 6.82. The van der Waals surface area contributed by atoms with Gasteiger partial charge in [-0.05, 0) is 49.9 Å². The van der Waals surface area contributed by atoms with Crippen LogP contribution in [0, 0.1) is 13.8 Å². The molecule has 0 aliphatic rings. The minimum Gasteiger partial charge on any atom is -0.327 e. The van der Waals surface area contributed by atoms with E-state index in [0.29, 0.717) is 16.6 Å². The fourth-order valence-electron chi connectivity index (χ4n) is 2.40. The summed E-state index contributed by atoms with van der Waals surface area (Å²) < 4.78 is 1.99. The van der Waals surface area contributed by atoms with E-state index in [9.17, 15) is 0 Å². The number of nitrogens with two attached hydrogens (primary N) is 1. The fourth-order valence-corrected chi connectivity index (χ4v) is 2.87. The summed E-state index contributed by atoms with van der Waals surface area (Å²) in [4.78, 5) is 0. The quantitative estimate of drug-likeness (QED) is 0.897. The Labute approximate surface area is 136 Å². The average Bonchev–Trinajstić information content (AvgIpc) is 2.69. The molecule has 0 spiro atoms.